The second-order valence-electron chi connectivity index (χ2n) is 4.22. The molecule has 0 saturated carbocycles. The Labute approximate surface area is 107 Å². The maximum atomic E-state index is 3.53. The smallest absolute Gasteiger partial charge is 0.0765 e. The predicted octanol–water partition coefficient (Wildman–Crippen LogP) is 4.45. The zero-order chi connectivity index (χ0) is 11.4. The van der Waals surface area contributed by atoms with E-state index in [1.165, 1.54) is 22.3 Å². The Kier molecular flexibility index (Phi) is 1.72. The normalized spacial score (nSPS) is 12.3. The third-order valence-electron chi connectivity index (χ3n) is 3.20. The van der Waals surface area contributed by atoms with E-state index in [0.717, 1.165) is 10.2 Å². The van der Waals surface area contributed by atoms with Crippen LogP contribution in [0.1, 0.15) is 0 Å². The van der Waals surface area contributed by atoms with Gasteiger partial charge in [-0.3, -0.25) is 0 Å². The number of rotatable bonds is 0. The summed E-state index contributed by atoms with van der Waals surface area (Å²) < 4.78 is 3.33. The quantitative estimate of drug-likeness (QED) is 0.505. The molecule has 2 nitrogen and oxygen atoms in total. The van der Waals surface area contributed by atoms with Gasteiger partial charge in [-0.2, -0.15) is 0 Å². The van der Waals surface area contributed by atoms with Gasteiger partial charge in [-0.05, 0) is 30.3 Å². The lowest BCUT2D eigenvalue weighted by Gasteiger charge is -2.21. The first kappa shape index (κ1) is 9.31. The van der Waals surface area contributed by atoms with Crippen molar-refractivity contribution in [3.8, 4) is 5.69 Å². The van der Waals surface area contributed by atoms with Crippen LogP contribution in [0.2, 0.25) is 0 Å². The molecule has 0 bridgehead atoms. The molecule has 1 aliphatic heterocycles. The number of hydrogen-bond donors (Lipinski definition) is 1. The molecule has 0 fully saturated rings. The molecule has 2 heterocycles. The SMILES string of the molecule is Brc1ccc2c(c1)-n1ccc3cccc(c31)N2. The largest absolute Gasteiger partial charge is 0.352 e. The molecule has 1 aliphatic rings. The fourth-order valence-corrected chi connectivity index (χ4v) is 2.80. The van der Waals surface area contributed by atoms with Crippen LogP contribution in [0.15, 0.2) is 53.1 Å². The Hall–Kier alpha value is -1.74. The van der Waals surface area contributed by atoms with Gasteiger partial charge in [0.2, 0.25) is 0 Å². The molecule has 4 rings (SSSR count). The molecular formula is C14H9BrN2. The van der Waals surface area contributed by atoms with E-state index in [1.807, 2.05) is 0 Å². The van der Waals surface area contributed by atoms with Crippen LogP contribution in [0.5, 0.6) is 0 Å². The Morgan fingerprint density at radius 2 is 1.94 bits per heavy atom. The third-order valence-corrected chi connectivity index (χ3v) is 3.69. The minimum absolute atomic E-state index is 1.10. The first-order valence-electron chi connectivity index (χ1n) is 5.50. The molecule has 2 aromatic carbocycles. The van der Waals surface area contributed by atoms with Crippen molar-refractivity contribution >= 4 is 38.2 Å². The van der Waals surface area contributed by atoms with E-state index in [0.29, 0.717) is 0 Å². The van der Waals surface area contributed by atoms with Crippen molar-refractivity contribution in [2.45, 2.75) is 0 Å². The molecule has 3 aromatic rings. The van der Waals surface area contributed by atoms with Crippen LogP contribution in [-0.2, 0) is 0 Å². The first-order valence-corrected chi connectivity index (χ1v) is 6.29. The van der Waals surface area contributed by atoms with Crippen molar-refractivity contribution in [2.24, 2.45) is 0 Å². The standard InChI is InChI=1S/C14H9BrN2/c15-10-4-5-11-13(8-10)17-7-6-9-2-1-3-12(16-11)14(9)17/h1-8,16H. The molecule has 0 atom stereocenters. The maximum Gasteiger partial charge on any atom is 0.0765 e. The fourth-order valence-electron chi connectivity index (χ4n) is 2.45. The van der Waals surface area contributed by atoms with Gasteiger partial charge in [-0.1, -0.05) is 28.1 Å². The summed E-state index contributed by atoms with van der Waals surface area (Å²) in [6.45, 7) is 0. The van der Waals surface area contributed by atoms with E-state index >= 15 is 0 Å². The molecule has 0 aliphatic carbocycles. The maximum absolute atomic E-state index is 3.53. The van der Waals surface area contributed by atoms with E-state index < -0.39 is 0 Å². The van der Waals surface area contributed by atoms with Crippen LogP contribution in [0.25, 0.3) is 16.6 Å². The van der Waals surface area contributed by atoms with Crippen molar-refractivity contribution in [1.82, 2.24) is 4.57 Å². The summed E-state index contributed by atoms with van der Waals surface area (Å²) >= 11 is 3.53. The summed E-state index contributed by atoms with van der Waals surface area (Å²) in [5.74, 6) is 0. The Morgan fingerprint density at radius 1 is 1.00 bits per heavy atom. The highest BCUT2D eigenvalue weighted by Gasteiger charge is 2.16. The number of halogens is 1. The Bertz CT molecular complexity index is 743. The molecule has 0 saturated heterocycles. The summed E-state index contributed by atoms with van der Waals surface area (Å²) in [6.07, 6.45) is 2.13. The summed E-state index contributed by atoms with van der Waals surface area (Å²) in [5.41, 5.74) is 4.75. The van der Waals surface area contributed by atoms with Gasteiger partial charge in [0.05, 0.1) is 22.6 Å². The van der Waals surface area contributed by atoms with E-state index in [2.05, 4.69) is 74.5 Å². The lowest BCUT2D eigenvalue weighted by atomic mass is 10.1. The molecule has 0 amide bonds. The molecule has 82 valence electrons. The highest BCUT2D eigenvalue weighted by Crippen LogP contribution is 2.38. The van der Waals surface area contributed by atoms with E-state index in [9.17, 15) is 0 Å². The minimum Gasteiger partial charge on any atom is -0.352 e. The van der Waals surface area contributed by atoms with Crippen molar-refractivity contribution in [1.29, 1.82) is 0 Å². The molecule has 17 heavy (non-hydrogen) atoms. The van der Waals surface area contributed by atoms with E-state index in [4.69, 9.17) is 0 Å². The highest BCUT2D eigenvalue weighted by atomic mass is 79.9. The number of anilines is 2. The van der Waals surface area contributed by atoms with Crippen molar-refractivity contribution in [2.75, 3.05) is 5.32 Å². The summed E-state index contributed by atoms with van der Waals surface area (Å²) in [7, 11) is 0. The molecule has 1 N–H and O–H groups in total. The van der Waals surface area contributed by atoms with Gasteiger partial charge in [-0.15, -0.1) is 0 Å². The van der Waals surface area contributed by atoms with Crippen molar-refractivity contribution in [3.05, 3.63) is 53.1 Å². The summed E-state index contributed by atoms with van der Waals surface area (Å²) in [5, 5.41) is 4.74. The molecule has 3 heteroatoms. The zero-order valence-electron chi connectivity index (χ0n) is 8.94. The van der Waals surface area contributed by atoms with Gasteiger partial charge < -0.3 is 9.88 Å². The van der Waals surface area contributed by atoms with Crippen LogP contribution in [0.3, 0.4) is 0 Å². The van der Waals surface area contributed by atoms with Crippen molar-refractivity contribution < 1.29 is 0 Å². The first-order chi connectivity index (χ1) is 8.33. The zero-order valence-corrected chi connectivity index (χ0v) is 10.5. The number of nitrogens with one attached hydrogen (secondary N) is 1. The van der Waals surface area contributed by atoms with Gasteiger partial charge in [0.25, 0.3) is 0 Å². The van der Waals surface area contributed by atoms with Crippen molar-refractivity contribution in [3.63, 3.8) is 0 Å². The van der Waals surface area contributed by atoms with Gasteiger partial charge in [0.15, 0.2) is 0 Å². The predicted molar refractivity (Wildman–Crippen MR) is 74.3 cm³/mol. The highest BCUT2D eigenvalue weighted by molar-refractivity contribution is 9.10. The molecule has 0 unspecified atom stereocenters. The van der Waals surface area contributed by atoms with E-state index in [1.54, 1.807) is 0 Å². The van der Waals surface area contributed by atoms with Crippen LogP contribution in [-0.4, -0.2) is 4.57 Å². The van der Waals surface area contributed by atoms with Crippen LogP contribution in [0, 0.1) is 0 Å². The minimum atomic E-state index is 1.10. The van der Waals surface area contributed by atoms with Gasteiger partial charge in [0, 0.05) is 16.1 Å². The lowest BCUT2D eigenvalue weighted by molar-refractivity contribution is 1.11. The number of nitrogens with zero attached hydrogens (tertiary/aromatic N) is 1. The summed E-state index contributed by atoms with van der Waals surface area (Å²) in [6, 6.07) is 14.8. The van der Waals surface area contributed by atoms with Gasteiger partial charge >= 0.3 is 0 Å². The third kappa shape index (κ3) is 1.20. The monoisotopic (exact) mass is 284 g/mol. The van der Waals surface area contributed by atoms with Crippen LogP contribution < -0.4 is 5.32 Å². The molecule has 0 radical (unpaired) electrons. The summed E-state index contributed by atoms with van der Waals surface area (Å²) in [4.78, 5) is 0. The molecular weight excluding hydrogens is 276 g/mol. The number of benzene rings is 2. The average Bonchev–Trinajstić information content (AvgIpc) is 2.77. The number of hydrogen-bond acceptors (Lipinski definition) is 1. The Balaban J connectivity index is 2.17. The number of aromatic nitrogens is 1. The lowest BCUT2D eigenvalue weighted by Crippen LogP contribution is -2.06. The fraction of sp³-hybridized carbons (Fsp3) is 0. The Morgan fingerprint density at radius 3 is 2.88 bits per heavy atom. The van der Waals surface area contributed by atoms with Crippen LogP contribution >= 0.6 is 15.9 Å². The van der Waals surface area contributed by atoms with E-state index in [-0.39, 0.29) is 0 Å². The molecule has 0 spiro atoms. The van der Waals surface area contributed by atoms with Gasteiger partial charge in [-0.25, -0.2) is 0 Å². The number of para-hydroxylation sites is 1. The second kappa shape index (κ2) is 3.14. The molecule has 1 aromatic heterocycles. The average molecular weight is 285 g/mol. The van der Waals surface area contributed by atoms with Crippen LogP contribution in [0.4, 0.5) is 11.4 Å². The topological polar surface area (TPSA) is 17.0 Å². The second-order valence-corrected chi connectivity index (χ2v) is 5.13. The number of fused-ring (bicyclic) bond motifs is 2. The van der Waals surface area contributed by atoms with Gasteiger partial charge in [0.1, 0.15) is 0 Å².